The van der Waals surface area contributed by atoms with E-state index in [1.165, 1.54) is 20.0 Å². The number of nitrogen functional groups attached to an aromatic ring is 1. The Bertz CT molecular complexity index is 455. The molecule has 0 atom stereocenters. The number of nitrogens with zero attached hydrogens (tertiary/aromatic N) is 1. The van der Waals surface area contributed by atoms with Crippen LogP contribution in [0, 0.1) is 5.92 Å². The third kappa shape index (κ3) is 3.40. The van der Waals surface area contributed by atoms with Crippen LogP contribution in [0.15, 0.2) is 18.2 Å². The first kappa shape index (κ1) is 13.7. The molecule has 104 valence electrons. The van der Waals surface area contributed by atoms with Crippen LogP contribution in [-0.4, -0.2) is 26.2 Å². The van der Waals surface area contributed by atoms with Crippen molar-refractivity contribution in [2.24, 2.45) is 5.92 Å². The zero-order valence-electron chi connectivity index (χ0n) is 11.7. The van der Waals surface area contributed by atoms with Gasteiger partial charge in [0, 0.05) is 18.8 Å². The van der Waals surface area contributed by atoms with Crippen LogP contribution in [0.1, 0.15) is 36.5 Å². The highest BCUT2D eigenvalue weighted by molar-refractivity contribution is 5.97. The molecule has 4 nitrogen and oxygen atoms in total. The quantitative estimate of drug-likeness (QED) is 0.632. The number of nitrogens with two attached hydrogens (primary N) is 1. The van der Waals surface area contributed by atoms with Crippen molar-refractivity contribution in [2.75, 3.05) is 30.8 Å². The molecule has 2 rings (SSSR count). The predicted octanol–water partition coefficient (Wildman–Crippen LogP) is 2.68. The van der Waals surface area contributed by atoms with Gasteiger partial charge in [0.05, 0.1) is 18.4 Å². The second-order valence-corrected chi connectivity index (χ2v) is 5.16. The molecule has 1 aliphatic carbocycles. The van der Waals surface area contributed by atoms with E-state index in [2.05, 4.69) is 11.8 Å². The SMILES string of the molecule is CCCN(CC1CC1)c1ccc(N)cc1C(=O)OC. The van der Waals surface area contributed by atoms with E-state index < -0.39 is 0 Å². The summed E-state index contributed by atoms with van der Waals surface area (Å²) in [6, 6.07) is 5.48. The lowest BCUT2D eigenvalue weighted by Gasteiger charge is -2.26. The summed E-state index contributed by atoms with van der Waals surface area (Å²) in [5.41, 5.74) is 7.88. The van der Waals surface area contributed by atoms with Crippen molar-refractivity contribution in [1.82, 2.24) is 0 Å². The third-order valence-electron chi connectivity index (χ3n) is 3.44. The minimum Gasteiger partial charge on any atom is -0.465 e. The summed E-state index contributed by atoms with van der Waals surface area (Å²) in [6.45, 7) is 4.11. The highest BCUT2D eigenvalue weighted by Crippen LogP contribution is 2.33. The Kier molecular flexibility index (Phi) is 4.30. The normalized spacial score (nSPS) is 14.2. The highest BCUT2D eigenvalue weighted by atomic mass is 16.5. The lowest BCUT2D eigenvalue weighted by atomic mass is 10.1. The van der Waals surface area contributed by atoms with Crippen molar-refractivity contribution >= 4 is 17.3 Å². The van der Waals surface area contributed by atoms with Crippen LogP contribution in [0.5, 0.6) is 0 Å². The highest BCUT2D eigenvalue weighted by Gasteiger charge is 2.26. The zero-order valence-corrected chi connectivity index (χ0v) is 11.7. The van der Waals surface area contributed by atoms with E-state index in [-0.39, 0.29) is 5.97 Å². The van der Waals surface area contributed by atoms with Gasteiger partial charge in [0.25, 0.3) is 0 Å². The molecule has 1 aliphatic rings. The van der Waals surface area contributed by atoms with Gasteiger partial charge in [0.1, 0.15) is 0 Å². The lowest BCUT2D eigenvalue weighted by molar-refractivity contribution is 0.0601. The molecule has 0 aliphatic heterocycles. The van der Waals surface area contributed by atoms with Gasteiger partial charge < -0.3 is 15.4 Å². The Balaban J connectivity index is 2.30. The van der Waals surface area contributed by atoms with E-state index in [1.807, 2.05) is 12.1 Å². The summed E-state index contributed by atoms with van der Waals surface area (Å²) in [4.78, 5) is 14.2. The van der Waals surface area contributed by atoms with Gasteiger partial charge in [-0.05, 0) is 43.4 Å². The molecule has 1 saturated carbocycles. The molecule has 0 radical (unpaired) electrons. The first-order valence-electron chi connectivity index (χ1n) is 6.88. The van der Waals surface area contributed by atoms with E-state index in [0.29, 0.717) is 11.3 Å². The number of hydrogen-bond donors (Lipinski definition) is 1. The molecule has 0 aromatic heterocycles. The Labute approximate surface area is 114 Å². The van der Waals surface area contributed by atoms with Crippen LogP contribution >= 0.6 is 0 Å². The Morgan fingerprint density at radius 1 is 1.47 bits per heavy atom. The van der Waals surface area contributed by atoms with E-state index >= 15 is 0 Å². The zero-order chi connectivity index (χ0) is 13.8. The number of ether oxygens (including phenoxy) is 1. The molecule has 2 N–H and O–H groups in total. The number of rotatable bonds is 6. The summed E-state index contributed by atoms with van der Waals surface area (Å²) in [5.74, 6) is 0.453. The third-order valence-corrected chi connectivity index (χ3v) is 3.44. The van der Waals surface area contributed by atoms with E-state index in [4.69, 9.17) is 10.5 Å². The van der Waals surface area contributed by atoms with Crippen molar-refractivity contribution in [1.29, 1.82) is 0 Å². The number of methoxy groups -OCH3 is 1. The van der Waals surface area contributed by atoms with Crippen LogP contribution in [0.25, 0.3) is 0 Å². The first-order valence-corrected chi connectivity index (χ1v) is 6.88. The molecule has 0 heterocycles. The van der Waals surface area contributed by atoms with Gasteiger partial charge in [0.15, 0.2) is 0 Å². The van der Waals surface area contributed by atoms with Gasteiger partial charge in [-0.2, -0.15) is 0 Å². The van der Waals surface area contributed by atoms with Crippen molar-refractivity contribution in [3.8, 4) is 0 Å². The molecule has 4 heteroatoms. The van der Waals surface area contributed by atoms with Crippen LogP contribution in [0.2, 0.25) is 0 Å². The van der Waals surface area contributed by atoms with Crippen LogP contribution in [-0.2, 0) is 4.74 Å². The Morgan fingerprint density at radius 2 is 2.21 bits per heavy atom. The fourth-order valence-electron chi connectivity index (χ4n) is 2.29. The number of carbonyl (C=O) groups is 1. The molecule has 0 amide bonds. The second-order valence-electron chi connectivity index (χ2n) is 5.16. The molecule has 0 bridgehead atoms. The van der Waals surface area contributed by atoms with Gasteiger partial charge in [0.2, 0.25) is 0 Å². The maximum atomic E-state index is 11.9. The fraction of sp³-hybridized carbons (Fsp3) is 0.533. The number of anilines is 2. The van der Waals surface area contributed by atoms with Crippen molar-refractivity contribution in [3.05, 3.63) is 23.8 Å². The molecular weight excluding hydrogens is 240 g/mol. The molecular formula is C15H22N2O2. The molecule has 1 fully saturated rings. The van der Waals surface area contributed by atoms with E-state index in [0.717, 1.165) is 31.1 Å². The van der Waals surface area contributed by atoms with E-state index in [1.54, 1.807) is 6.07 Å². The van der Waals surface area contributed by atoms with Crippen LogP contribution in [0.4, 0.5) is 11.4 Å². The predicted molar refractivity (Wildman–Crippen MR) is 77.4 cm³/mol. The molecule has 0 saturated heterocycles. The van der Waals surface area contributed by atoms with Crippen molar-refractivity contribution in [3.63, 3.8) is 0 Å². The average Bonchev–Trinajstić information content (AvgIpc) is 3.21. The average molecular weight is 262 g/mol. The minimum absolute atomic E-state index is 0.320. The van der Waals surface area contributed by atoms with Gasteiger partial charge in [-0.1, -0.05) is 6.92 Å². The van der Waals surface area contributed by atoms with Crippen LogP contribution < -0.4 is 10.6 Å². The molecule has 0 unspecified atom stereocenters. The lowest BCUT2D eigenvalue weighted by Crippen LogP contribution is -2.28. The van der Waals surface area contributed by atoms with E-state index in [9.17, 15) is 4.79 Å². The molecule has 1 aromatic carbocycles. The summed E-state index contributed by atoms with van der Waals surface area (Å²) in [7, 11) is 1.40. The van der Waals surface area contributed by atoms with Gasteiger partial charge in [-0.15, -0.1) is 0 Å². The first-order chi connectivity index (χ1) is 9.15. The smallest absolute Gasteiger partial charge is 0.340 e. The summed E-state index contributed by atoms with van der Waals surface area (Å²) < 4.78 is 4.86. The number of esters is 1. The minimum atomic E-state index is -0.320. The van der Waals surface area contributed by atoms with Crippen LogP contribution in [0.3, 0.4) is 0 Å². The Morgan fingerprint density at radius 3 is 2.79 bits per heavy atom. The summed E-state index contributed by atoms with van der Waals surface area (Å²) >= 11 is 0. The largest absolute Gasteiger partial charge is 0.465 e. The number of carbonyl (C=O) groups excluding carboxylic acids is 1. The molecule has 19 heavy (non-hydrogen) atoms. The van der Waals surface area contributed by atoms with Gasteiger partial charge in [-0.25, -0.2) is 4.79 Å². The summed E-state index contributed by atoms with van der Waals surface area (Å²) in [6.07, 6.45) is 3.64. The van der Waals surface area contributed by atoms with Gasteiger partial charge >= 0.3 is 5.97 Å². The monoisotopic (exact) mass is 262 g/mol. The number of benzene rings is 1. The Hall–Kier alpha value is -1.71. The number of hydrogen-bond acceptors (Lipinski definition) is 4. The maximum Gasteiger partial charge on any atom is 0.340 e. The maximum absolute atomic E-state index is 11.9. The fourth-order valence-corrected chi connectivity index (χ4v) is 2.29. The van der Waals surface area contributed by atoms with Crippen molar-refractivity contribution < 1.29 is 9.53 Å². The topological polar surface area (TPSA) is 55.6 Å². The standard InChI is InChI=1S/C15H22N2O2/c1-3-8-17(10-11-4-5-11)14-7-6-12(16)9-13(14)15(18)19-2/h6-7,9,11H,3-5,8,10,16H2,1-2H3. The van der Waals surface area contributed by atoms with Crippen molar-refractivity contribution in [2.45, 2.75) is 26.2 Å². The summed E-state index contributed by atoms with van der Waals surface area (Å²) in [5, 5.41) is 0. The van der Waals surface area contributed by atoms with Gasteiger partial charge in [-0.3, -0.25) is 0 Å². The second kappa shape index (κ2) is 5.95. The molecule has 1 aromatic rings. The molecule has 0 spiro atoms.